The average molecular weight is 265 g/mol. The number of aromatic amines is 1. The summed E-state index contributed by atoms with van der Waals surface area (Å²) in [7, 11) is 1.39. The fourth-order valence-electron chi connectivity index (χ4n) is 2.35. The molecule has 100 valence electrons. The van der Waals surface area contributed by atoms with E-state index in [1.165, 1.54) is 12.7 Å². The number of nitrogens with one attached hydrogen (secondary N) is 1. The highest BCUT2D eigenvalue weighted by Crippen LogP contribution is 2.19. The number of esters is 1. The quantitative estimate of drug-likeness (QED) is 0.736. The maximum atomic E-state index is 11.5. The van der Waals surface area contributed by atoms with E-state index in [4.69, 9.17) is 4.74 Å². The van der Waals surface area contributed by atoms with Crippen LogP contribution in [0.3, 0.4) is 0 Å². The molecule has 3 nitrogen and oxygen atoms in total. The summed E-state index contributed by atoms with van der Waals surface area (Å²) in [5, 5.41) is 1.03. The molecule has 0 saturated heterocycles. The molecule has 0 radical (unpaired) electrons. The van der Waals surface area contributed by atoms with Gasteiger partial charge in [-0.25, -0.2) is 4.79 Å². The van der Waals surface area contributed by atoms with Crippen LogP contribution in [-0.2, 0) is 11.2 Å². The third-order valence-corrected chi connectivity index (χ3v) is 3.34. The predicted molar refractivity (Wildman–Crippen MR) is 78.9 cm³/mol. The van der Waals surface area contributed by atoms with Crippen molar-refractivity contribution < 1.29 is 9.53 Å². The Balaban J connectivity index is 1.92. The SMILES string of the molecule is COC(=O)c1ccc2[nH]c(Cc3ccccc3)cc2c1. The van der Waals surface area contributed by atoms with Gasteiger partial charge in [-0.1, -0.05) is 30.3 Å². The molecule has 20 heavy (non-hydrogen) atoms. The van der Waals surface area contributed by atoms with Gasteiger partial charge in [0.25, 0.3) is 0 Å². The van der Waals surface area contributed by atoms with Crippen molar-refractivity contribution in [1.29, 1.82) is 0 Å². The van der Waals surface area contributed by atoms with Crippen LogP contribution in [-0.4, -0.2) is 18.1 Å². The highest BCUT2D eigenvalue weighted by Gasteiger charge is 2.08. The van der Waals surface area contributed by atoms with E-state index in [1.54, 1.807) is 6.07 Å². The summed E-state index contributed by atoms with van der Waals surface area (Å²) < 4.78 is 4.74. The topological polar surface area (TPSA) is 42.1 Å². The van der Waals surface area contributed by atoms with Crippen LogP contribution >= 0.6 is 0 Å². The summed E-state index contributed by atoms with van der Waals surface area (Å²) in [4.78, 5) is 14.9. The Bertz CT molecular complexity index is 744. The van der Waals surface area contributed by atoms with Crippen LogP contribution in [0.5, 0.6) is 0 Å². The zero-order valence-electron chi connectivity index (χ0n) is 11.2. The molecule has 0 bridgehead atoms. The Morgan fingerprint density at radius 3 is 2.65 bits per heavy atom. The number of hydrogen-bond acceptors (Lipinski definition) is 2. The first-order chi connectivity index (χ1) is 9.76. The normalized spacial score (nSPS) is 10.7. The predicted octanol–water partition coefficient (Wildman–Crippen LogP) is 3.55. The van der Waals surface area contributed by atoms with E-state index in [0.29, 0.717) is 5.56 Å². The van der Waals surface area contributed by atoms with Gasteiger partial charge in [0.1, 0.15) is 0 Å². The summed E-state index contributed by atoms with van der Waals surface area (Å²) in [6, 6.07) is 17.9. The van der Waals surface area contributed by atoms with Gasteiger partial charge in [0.05, 0.1) is 12.7 Å². The second-order valence-corrected chi connectivity index (χ2v) is 4.75. The van der Waals surface area contributed by atoms with Gasteiger partial charge in [-0.05, 0) is 29.8 Å². The monoisotopic (exact) mass is 265 g/mol. The van der Waals surface area contributed by atoms with Crippen LogP contribution in [0.2, 0.25) is 0 Å². The van der Waals surface area contributed by atoms with Gasteiger partial charge >= 0.3 is 5.97 Å². The molecule has 0 amide bonds. The average Bonchev–Trinajstić information content (AvgIpc) is 2.88. The van der Waals surface area contributed by atoms with Crippen molar-refractivity contribution in [2.24, 2.45) is 0 Å². The third-order valence-electron chi connectivity index (χ3n) is 3.34. The van der Waals surface area contributed by atoms with E-state index < -0.39 is 0 Å². The molecule has 0 atom stereocenters. The van der Waals surface area contributed by atoms with Crippen LogP contribution in [0.4, 0.5) is 0 Å². The maximum Gasteiger partial charge on any atom is 0.337 e. The lowest BCUT2D eigenvalue weighted by Gasteiger charge is -1.98. The molecule has 0 aliphatic rings. The standard InChI is InChI=1S/C17H15NO2/c1-20-17(19)13-7-8-16-14(10-13)11-15(18-16)9-12-5-3-2-4-6-12/h2-8,10-11,18H,9H2,1H3. The fraction of sp³-hybridized carbons (Fsp3) is 0.118. The molecular weight excluding hydrogens is 250 g/mol. The van der Waals surface area contributed by atoms with Crippen molar-refractivity contribution >= 4 is 16.9 Å². The molecule has 0 unspecified atom stereocenters. The minimum atomic E-state index is -0.308. The number of ether oxygens (including phenoxy) is 1. The highest BCUT2D eigenvalue weighted by molar-refractivity contribution is 5.94. The first-order valence-corrected chi connectivity index (χ1v) is 6.50. The van der Waals surface area contributed by atoms with E-state index in [1.807, 2.05) is 30.3 Å². The Kier molecular flexibility index (Phi) is 3.25. The van der Waals surface area contributed by atoms with Crippen molar-refractivity contribution in [2.45, 2.75) is 6.42 Å². The van der Waals surface area contributed by atoms with Crippen molar-refractivity contribution in [2.75, 3.05) is 7.11 Å². The van der Waals surface area contributed by atoms with E-state index >= 15 is 0 Å². The summed E-state index contributed by atoms with van der Waals surface area (Å²) in [6.07, 6.45) is 0.850. The van der Waals surface area contributed by atoms with E-state index in [-0.39, 0.29) is 5.97 Å². The Morgan fingerprint density at radius 2 is 1.90 bits per heavy atom. The molecular formula is C17H15NO2. The Hall–Kier alpha value is -2.55. The van der Waals surface area contributed by atoms with Crippen molar-refractivity contribution in [3.63, 3.8) is 0 Å². The van der Waals surface area contributed by atoms with Gasteiger partial charge < -0.3 is 9.72 Å². The first kappa shape index (κ1) is 12.5. The fourth-order valence-corrected chi connectivity index (χ4v) is 2.35. The number of H-pyrrole nitrogens is 1. The van der Waals surface area contributed by atoms with Gasteiger partial charge in [0.15, 0.2) is 0 Å². The molecule has 3 rings (SSSR count). The number of methoxy groups -OCH3 is 1. The summed E-state index contributed by atoms with van der Waals surface area (Å²) in [5.74, 6) is -0.308. The van der Waals surface area contributed by atoms with Crippen LogP contribution < -0.4 is 0 Å². The molecule has 3 heteroatoms. The lowest BCUT2D eigenvalue weighted by molar-refractivity contribution is 0.0601. The molecule has 1 heterocycles. The Labute approximate surface area is 117 Å². The van der Waals surface area contributed by atoms with Gasteiger partial charge in [0, 0.05) is 23.0 Å². The largest absolute Gasteiger partial charge is 0.465 e. The van der Waals surface area contributed by atoms with E-state index in [0.717, 1.165) is 23.0 Å². The molecule has 2 aromatic carbocycles. The number of benzene rings is 2. The number of carbonyl (C=O) groups excluding carboxylic acids is 1. The smallest absolute Gasteiger partial charge is 0.337 e. The van der Waals surface area contributed by atoms with Crippen LogP contribution in [0.15, 0.2) is 54.6 Å². The molecule has 0 aliphatic heterocycles. The minimum Gasteiger partial charge on any atom is -0.465 e. The highest BCUT2D eigenvalue weighted by atomic mass is 16.5. The molecule has 0 fully saturated rings. The second-order valence-electron chi connectivity index (χ2n) is 4.75. The van der Waals surface area contributed by atoms with Gasteiger partial charge in [-0.2, -0.15) is 0 Å². The third kappa shape index (κ3) is 2.43. The van der Waals surface area contributed by atoms with Crippen molar-refractivity contribution in [1.82, 2.24) is 4.98 Å². The number of rotatable bonds is 3. The minimum absolute atomic E-state index is 0.308. The van der Waals surface area contributed by atoms with E-state index in [9.17, 15) is 4.79 Å². The van der Waals surface area contributed by atoms with Crippen LogP contribution in [0, 0.1) is 0 Å². The molecule has 0 saturated carbocycles. The van der Waals surface area contributed by atoms with E-state index in [2.05, 4.69) is 23.2 Å². The zero-order valence-corrected chi connectivity index (χ0v) is 11.2. The lowest BCUT2D eigenvalue weighted by Crippen LogP contribution is -2.00. The second kappa shape index (κ2) is 5.21. The number of carbonyl (C=O) groups is 1. The zero-order chi connectivity index (χ0) is 13.9. The first-order valence-electron chi connectivity index (χ1n) is 6.50. The molecule has 0 aliphatic carbocycles. The number of aromatic nitrogens is 1. The molecule has 0 spiro atoms. The van der Waals surface area contributed by atoms with Gasteiger partial charge in [0.2, 0.25) is 0 Å². The lowest BCUT2D eigenvalue weighted by atomic mass is 10.1. The van der Waals surface area contributed by atoms with Crippen molar-refractivity contribution in [3.05, 3.63) is 71.4 Å². The molecule has 3 aromatic rings. The molecule has 1 N–H and O–H groups in total. The number of fused-ring (bicyclic) bond motifs is 1. The Morgan fingerprint density at radius 1 is 1.10 bits per heavy atom. The van der Waals surface area contributed by atoms with Crippen LogP contribution in [0.25, 0.3) is 10.9 Å². The van der Waals surface area contributed by atoms with Crippen LogP contribution in [0.1, 0.15) is 21.6 Å². The van der Waals surface area contributed by atoms with Gasteiger partial charge in [-0.3, -0.25) is 0 Å². The summed E-state index contributed by atoms with van der Waals surface area (Å²) in [5.41, 5.74) is 3.99. The van der Waals surface area contributed by atoms with Crippen molar-refractivity contribution in [3.8, 4) is 0 Å². The van der Waals surface area contributed by atoms with Gasteiger partial charge in [-0.15, -0.1) is 0 Å². The summed E-state index contributed by atoms with van der Waals surface area (Å²) >= 11 is 0. The maximum absolute atomic E-state index is 11.5. The number of hydrogen-bond donors (Lipinski definition) is 1. The summed E-state index contributed by atoms with van der Waals surface area (Å²) in [6.45, 7) is 0. The molecule has 1 aromatic heterocycles.